The van der Waals surface area contributed by atoms with Crippen molar-refractivity contribution in [3.63, 3.8) is 0 Å². The van der Waals surface area contributed by atoms with E-state index in [1.165, 1.54) is 24.5 Å². The van der Waals surface area contributed by atoms with E-state index in [9.17, 15) is 9.59 Å². The predicted octanol–water partition coefficient (Wildman–Crippen LogP) is 3.78. The van der Waals surface area contributed by atoms with Gasteiger partial charge in [0.15, 0.2) is 0 Å². The van der Waals surface area contributed by atoms with Crippen LogP contribution in [-0.4, -0.2) is 41.9 Å². The monoisotopic (exact) mass is 607 g/mol. The number of pyridine rings is 2. The van der Waals surface area contributed by atoms with Crippen LogP contribution in [0.15, 0.2) is 85.5 Å². The van der Waals surface area contributed by atoms with E-state index in [1.54, 1.807) is 53.3 Å². The van der Waals surface area contributed by atoms with Crippen LogP contribution in [0.3, 0.4) is 0 Å². The van der Waals surface area contributed by atoms with Crippen molar-refractivity contribution in [2.45, 2.75) is 0 Å². The Morgan fingerprint density at radius 1 is 0.906 bits per heavy atom. The molecular formula is C22H16IrN5O4-. The summed E-state index contributed by atoms with van der Waals surface area (Å²) in [6.07, 6.45) is 6.41. The van der Waals surface area contributed by atoms with Crippen molar-refractivity contribution in [2.24, 2.45) is 0 Å². The van der Waals surface area contributed by atoms with Gasteiger partial charge in [-0.25, -0.2) is 19.6 Å². The van der Waals surface area contributed by atoms with Crippen LogP contribution in [0.5, 0.6) is 0 Å². The molecule has 0 fully saturated rings. The van der Waals surface area contributed by atoms with Crippen molar-refractivity contribution < 1.29 is 39.9 Å². The van der Waals surface area contributed by atoms with Gasteiger partial charge in [-0.1, -0.05) is 17.8 Å². The third kappa shape index (κ3) is 8.67. The molecule has 0 bridgehead atoms. The number of carboxylic acid groups (broad SMARTS) is 2. The Morgan fingerprint density at radius 3 is 1.88 bits per heavy atom. The normalized spacial score (nSPS) is 8.84. The van der Waals surface area contributed by atoms with Gasteiger partial charge in [0.05, 0.1) is 12.3 Å². The molecule has 32 heavy (non-hydrogen) atoms. The Kier molecular flexibility index (Phi) is 11.2. The third-order valence-corrected chi connectivity index (χ3v) is 3.42. The molecule has 163 valence electrons. The summed E-state index contributed by atoms with van der Waals surface area (Å²) in [5, 5.41) is 20.7. The minimum atomic E-state index is -0.990. The summed E-state index contributed by atoms with van der Waals surface area (Å²) in [4.78, 5) is 30.8. The Labute approximate surface area is 197 Å². The predicted molar refractivity (Wildman–Crippen MR) is 111 cm³/mol. The van der Waals surface area contributed by atoms with Crippen LogP contribution in [0.4, 0.5) is 5.69 Å². The molecule has 2 N–H and O–H groups in total. The van der Waals surface area contributed by atoms with Gasteiger partial charge in [-0.3, -0.25) is 9.53 Å². The fourth-order valence-electron chi connectivity index (χ4n) is 2.03. The fourth-order valence-corrected chi connectivity index (χ4v) is 2.03. The topological polar surface area (TPSA) is 123 Å². The number of nitrogens with zero attached hydrogens (tertiary/aromatic N) is 5. The summed E-state index contributed by atoms with van der Waals surface area (Å²) in [7, 11) is 0. The van der Waals surface area contributed by atoms with Crippen LogP contribution < -0.4 is 0 Å². The SMILES string of the molecule is O=C(O)c1ccccn1.O=C(O)c1ccccn1.[C-]#[N+]c1cc[c-]c(-n2cccn2)c1.[Ir]. The van der Waals surface area contributed by atoms with Crippen molar-refractivity contribution >= 4 is 17.6 Å². The maximum Gasteiger partial charge on any atom is 0.354 e. The number of rotatable bonds is 3. The molecule has 0 aliphatic carbocycles. The smallest absolute Gasteiger partial charge is 0.354 e. The number of aromatic nitrogens is 4. The quantitative estimate of drug-likeness (QED) is 0.341. The molecule has 0 aliphatic heterocycles. The van der Waals surface area contributed by atoms with Crippen molar-refractivity contribution in [2.75, 3.05) is 0 Å². The van der Waals surface area contributed by atoms with E-state index in [4.69, 9.17) is 16.8 Å². The molecule has 0 amide bonds. The molecule has 0 saturated carbocycles. The van der Waals surface area contributed by atoms with Gasteiger partial charge in [-0.15, -0.1) is 6.07 Å². The van der Waals surface area contributed by atoms with E-state index >= 15 is 0 Å². The summed E-state index contributed by atoms with van der Waals surface area (Å²) in [6, 6.07) is 19.5. The van der Waals surface area contributed by atoms with E-state index in [0.29, 0.717) is 5.69 Å². The van der Waals surface area contributed by atoms with E-state index < -0.39 is 11.9 Å². The van der Waals surface area contributed by atoms with Crippen LogP contribution in [0.25, 0.3) is 10.5 Å². The largest absolute Gasteiger partial charge is 0.477 e. The molecule has 0 unspecified atom stereocenters. The van der Waals surface area contributed by atoms with Gasteiger partial charge in [0, 0.05) is 44.9 Å². The second-order valence-electron chi connectivity index (χ2n) is 5.53. The minimum absolute atomic E-state index is 0. The van der Waals surface area contributed by atoms with E-state index in [0.717, 1.165) is 5.69 Å². The molecule has 0 saturated heterocycles. The average molecular weight is 607 g/mol. The zero-order valence-corrected chi connectivity index (χ0v) is 18.8. The molecule has 0 aliphatic rings. The van der Waals surface area contributed by atoms with Crippen molar-refractivity contribution in [3.8, 4) is 5.69 Å². The molecule has 1 aromatic carbocycles. The Bertz CT molecular complexity index is 1100. The van der Waals surface area contributed by atoms with Crippen LogP contribution in [0.1, 0.15) is 21.0 Å². The Balaban J connectivity index is 0.000000243. The molecule has 1 radical (unpaired) electrons. The zero-order chi connectivity index (χ0) is 22.5. The van der Waals surface area contributed by atoms with E-state index in [1.807, 2.05) is 12.3 Å². The van der Waals surface area contributed by atoms with E-state index in [2.05, 4.69) is 26.0 Å². The molecule has 3 heterocycles. The first-order chi connectivity index (χ1) is 15.0. The summed E-state index contributed by atoms with van der Waals surface area (Å²) in [6.45, 7) is 6.85. The number of hydrogen-bond acceptors (Lipinski definition) is 5. The van der Waals surface area contributed by atoms with Crippen molar-refractivity contribution in [1.82, 2.24) is 19.7 Å². The zero-order valence-electron chi connectivity index (χ0n) is 16.4. The third-order valence-electron chi connectivity index (χ3n) is 3.42. The van der Waals surface area contributed by atoms with Crippen molar-refractivity contribution in [1.29, 1.82) is 0 Å². The molecular weight excluding hydrogens is 590 g/mol. The van der Waals surface area contributed by atoms with Crippen LogP contribution in [0, 0.1) is 12.6 Å². The van der Waals surface area contributed by atoms with E-state index in [-0.39, 0.29) is 31.5 Å². The van der Waals surface area contributed by atoms with Crippen LogP contribution in [0.2, 0.25) is 0 Å². The molecule has 0 spiro atoms. The van der Waals surface area contributed by atoms with Gasteiger partial charge in [0.2, 0.25) is 0 Å². The van der Waals surface area contributed by atoms with Gasteiger partial charge in [-0.2, -0.15) is 23.3 Å². The summed E-state index contributed by atoms with van der Waals surface area (Å²) < 4.78 is 1.68. The Hall–Kier alpha value is -4.19. The maximum absolute atomic E-state index is 10.1. The standard InChI is InChI=1S/C10H6N3.2C6H5NO2.Ir/c1-11-9-4-2-5-10(8-9)13-7-3-6-12-13;2*8-6(9)5-3-1-2-4-7-5;/h2-4,6-8H;2*1-4H,(H,8,9);/q-1;;;. The number of hydrogen-bond donors (Lipinski definition) is 2. The van der Waals surface area contributed by atoms with Crippen LogP contribution in [-0.2, 0) is 20.1 Å². The van der Waals surface area contributed by atoms with Gasteiger partial charge >= 0.3 is 11.9 Å². The second-order valence-corrected chi connectivity index (χ2v) is 5.53. The second kappa shape index (κ2) is 13.9. The van der Waals surface area contributed by atoms with Crippen molar-refractivity contribution in [3.05, 3.63) is 114 Å². The fraction of sp³-hybridized carbons (Fsp3) is 0. The maximum atomic E-state index is 10.1. The number of benzene rings is 1. The first-order valence-corrected chi connectivity index (χ1v) is 8.69. The molecule has 0 atom stereocenters. The first-order valence-electron chi connectivity index (χ1n) is 8.69. The van der Waals surface area contributed by atoms with Gasteiger partial charge < -0.3 is 10.2 Å². The molecule has 4 rings (SSSR count). The number of aromatic carboxylic acids is 2. The number of carbonyl (C=O) groups is 2. The minimum Gasteiger partial charge on any atom is -0.477 e. The molecule has 4 aromatic rings. The summed E-state index contributed by atoms with van der Waals surface area (Å²) in [5.41, 5.74) is 1.55. The number of carboxylic acids is 2. The molecule has 9 nitrogen and oxygen atoms in total. The van der Waals surface area contributed by atoms with Gasteiger partial charge in [0.1, 0.15) is 11.4 Å². The van der Waals surface area contributed by atoms with Gasteiger partial charge in [0.25, 0.3) is 0 Å². The first kappa shape index (κ1) is 25.8. The average Bonchev–Trinajstić information content (AvgIpc) is 3.36. The van der Waals surface area contributed by atoms with Crippen LogP contribution >= 0.6 is 0 Å². The molecule has 3 aromatic heterocycles. The van der Waals surface area contributed by atoms with Gasteiger partial charge in [-0.05, 0) is 30.3 Å². The molecule has 10 heteroatoms. The summed E-state index contributed by atoms with van der Waals surface area (Å²) in [5.74, 6) is -1.98. The summed E-state index contributed by atoms with van der Waals surface area (Å²) >= 11 is 0. The Morgan fingerprint density at radius 2 is 1.50 bits per heavy atom.